The van der Waals surface area contributed by atoms with Gasteiger partial charge in [0.2, 0.25) is 0 Å². The third-order valence-electron chi connectivity index (χ3n) is 3.44. The molecule has 0 saturated carbocycles. The van der Waals surface area contributed by atoms with E-state index in [0.717, 1.165) is 5.75 Å². The van der Waals surface area contributed by atoms with Crippen LogP contribution in [0.4, 0.5) is 5.69 Å². The van der Waals surface area contributed by atoms with E-state index in [2.05, 4.69) is 15.6 Å². The predicted molar refractivity (Wildman–Crippen MR) is 109 cm³/mol. The van der Waals surface area contributed by atoms with Crippen molar-refractivity contribution in [2.45, 2.75) is 4.90 Å². The first kappa shape index (κ1) is 18.8. The highest BCUT2D eigenvalue weighted by Gasteiger charge is 2.13. The van der Waals surface area contributed by atoms with E-state index in [-0.39, 0.29) is 10.0 Å². The van der Waals surface area contributed by atoms with E-state index >= 15 is 0 Å². The quantitative estimate of drug-likeness (QED) is 0.434. The molecule has 138 valence electrons. The van der Waals surface area contributed by atoms with Crippen molar-refractivity contribution < 1.29 is 13.2 Å². The van der Waals surface area contributed by atoms with E-state index in [1.807, 2.05) is 30.3 Å². The summed E-state index contributed by atoms with van der Waals surface area (Å²) in [7, 11) is -3.70. The van der Waals surface area contributed by atoms with Gasteiger partial charge in [0.25, 0.3) is 10.0 Å². The van der Waals surface area contributed by atoms with Crippen molar-refractivity contribution in [3.05, 3.63) is 84.9 Å². The zero-order valence-electron chi connectivity index (χ0n) is 14.1. The highest BCUT2D eigenvalue weighted by Crippen LogP contribution is 2.22. The molecule has 0 bridgehead atoms. The summed E-state index contributed by atoms with van der Waals surface area (Å²) < 4.78 is 30.0. The first-order valence-corrected chi connectivity index (χ1v) is 9.89. The van der Waals surface area contributed by atoms with E-state index in [0.29, 0.717) is 11.4 Å². The summed E-state index contributed by atoms with van der Waals surface area (Å²) in [4.78, 5) is 2.37. The molecule has 0 heterocycles. The topological polar surface area (TPSA) is 79.5 Å². The highest BCUT2D eigenvalue weighted by molar-refractivity contribution is 7.89. The Hall–Kier alpha value is -2.94. The van der Waals surface area contributed by atoms with Crippen LogP contribution >= 0.6 is 12.2 Å². The number of para-hydroxylation sites is 1. The molecule has 0 unspecified atom stereocenters. The number of hydrogen-bond acceptors (Lipinski definition) is 4. The van der Waals surface area contributed by atoms with Crippen LogP contribution < -0.4 is 20.3 Å². The number of ether oxygens (including phenoxy) is 1. The molecule has 3 aromatic rings. The van der Waals surface area contributed by atoms with Gasteiger partial charge in [0.15, 0.2) is 5.11 Å². The maximum Gasteiger partial charge on any atom is 0.257 e. The maximum atomic E-state index is 12.1. The van der Waals surface area contributed by atoms with E-state index in [9.17, 15) is 8.42 Å². The van der Waals surface area contributed by atoms with Gasteiger partial charge in [0.05, 0.1) is 4.90 Å². The molecule has 0 aliphatic carbocycles. The number of thiocarbonyl (C=S) groups is 1. The number of benzene rings is 3. The molecule has 0 spiro atoms. The Morgan fingerprint density at radius 1 is 0.778 bits per heavy atom. The van der Waals surface area contributed by atoms with E-state index in [1.165, 1.54) is 12.1 Å². The monoisotopic (exact) mass is 399 g/mol. The molecule has 0 aliphatic rings. The number of rotatable bonds is 6. The van der Waals surface area contributed by atoms with Crippen molar-refractivity contribution >= 4 is 33.0 Å². The van der Waals surface area contributed by atoms with Gasteiger partial charge >= 0.3 is 0 Å². The molecule has 0 saturated heterocycles. The molecule has 0 radical (unpaired) electrons. The van der Waals surface area contributed by atoms with Crippen molar-refractivity contribution in [2.24, 2.45) is 0 Å². The lowest BCUT2D eigenvalue weighted by molar-refractivity contribution is 0.483. The molecule has 0 atom stereocenters. The smallest absolute Gasteiger partial charge is 0.257 e. The summed E-state index contributed by atoms with van der Waals surface area (Å²) in [6, 6.07) is 24.6. The zero-order chi connectivity index (χ0) is 19.1. The van der Waals surface area contributed by atoms with Crippen molar-refractivity contribution in [1.82, 2.24) is 10.3 Å². The van der Waals surface area contributed by atoms with Crippen molar-refractivity contribution in [2.75, 3.05) is 5.32 Å². The van der Waals surface area contributed by atoms with E-state index < -0.39 is 10.0 Å². The fourth-order valence-electron chi connectivity index (χ4n) is 2.17. The van der Waals surface area contributed by atoms with Crippen LogP contribution in [-0.4, -0.2) is 13.5 Å². The lowest BCUT2D eigenvalue weighted by Crippen LogP contribution is -2.43. The number of nitrogens with one attached hydrogen (secondary N) is 3. The average molecular weight is 399 g/mol. The standard InChI is InChI=1S/C19H17N3O3S2/c23-27(24,18-9-5-2-6-10-18)22-21-19(26)20-15-11-13-17(14-12-15)25-16-7-3-1-4-8-16/h1-14,22H,(H2,20,21,26). The number of sulfonamides is 1. The Bertz CT molecular complexity index is 993. The van der Waals surface area contributed by atoms with E-state index in [4.69, 9.17) is 17.0 Å². The normalized spacial score (nSPS) is 10.8. The van der Waals surface area contributed by atoms with Crippen LogP contribution in [0.5, 0.6) is 11.5 Å². The molecule has 3 rings (SSSR count). The molecule has 3 aromatic carbocycles. The molecule has 0 aromatic heterocycles. The summed E-state index contributed by atoms with van der Waals surface area (Å²) >= 11 is 5.11. The Balaban J connectivity index is 1.53. The number of hydrazine groups is 1. The van der Waals surface area contributed by atoms with Gasteiger partial charge < -0.3 is 10.1 Å². The van der Waals surface area contributed by atoms with Gasteiger partial charge in [-0.05, 0) is 60.7 Å². The molecular formula is C19H17N3O3S2. The third kappa shape index (κ3) is 5.52. The summed E-state index contributed by atoms with van der Waals surface area (Å²) in [6.45, 7) is 0. The minimum atomic E-state index is -3.70. The van der Waals surface area contributed by atoms with Gasteiger partial charge in [-0.1, -0.05) is 36.4 Å². The van der Waals surface area contributed by atoms with Gasteiger partial charge in [0.1, 0.15) is 11.5 Å². The second kappa shape index (κ2) is 8.63. The molecule has 0 fully saturated rings. The van der Waals surface area contributed by atoms with Crippen molar-refractivity contribution in [3.63, 3.8) is 0 Å². The molecular weight excluding hydrogens is 382 g/mol. The summed E-state index contributed by atoms with van der Waals surface area (Å²) in [5.74, 6) is 1.42. The van der Waals surface area contributed by atoms with Crippen LogP contribution in [0, 0.1) is 0 Å². The molecule has 3 N–H and O–H groups in total. The molecule has 27 heavy (non-hydrogen) atoms. The second-order valence-corrected chi connectivity index (χ2v) is 7.53. The zero-order valence-corrected chi connectivity index (χ0v) is 15.8. The maximum absolute atomic E-state index is 12.1. The minimum absolute atomic E-state index is 0.117. The van der Waals surface area contributed by atoms with Crippen LogP contribution in [0.2, 0.25) is 0 Å². The van der Waals surface area contributed by atoms with Crippen LogP contribution in [0.25, 0.3) is 0 Å². The molecule has 8 heteroatoms. The van der Waals surface area contributed by atoms with Gasteiger partial charge in [0, 0.05) is 5.69 Å². The van der Waals surface area contributed by atoms with Gasteiger partial charge in [-0.25, -0.2) is 8.42 Å². The molecule has 0 aliphatic heterocycles. The van der Waals surface area contributed by atoms with Crippen LogP contribution in [-0.2, 0) is 10.0 Å². The summed E-state index contributed by atoms with van der Waals surface area (Å²) in [6.07, 6.45) is 0. The number of anilines is 1. The fourth-order valence-corrected chi connectivity index (χ4v) is 3.27. The lowest BCUT2D eigenvalue weighted by atomic mass is 10.3. The second-order valence-electron chi connectivity index (χ2n) is 5.44. The van der Waals surface area contributed by atoms with Gasteiger partial charge in [-0.15, -0.1) is 4.83 Å². The van der Waals surface area contributed by atoms with Crippen LogP contribution in [0.1, 0.15) is 0 Å². The Morgan fingerprint density at radius 3 is 1.96 bits per heavy atom. The first-order chi connectivity index (χ1) is 13.0. The largest absolute Gasteiger partial charge is 0.457 e. The minimum Gasteiger partial charge on any atom is -0.457 e. The van der Waals surface area contributed by atoms with Gasteiger partial charge in [-0.3, -0.25) is 5.43 Å². The van der Waals surface area contributed by atoms with Gasteiger partial charge in [-0.2, -0.15) is 0 Å². The molecule has 0 amide bonds. The molecule has 6 nitrogen and oxygen atoms in total. The van der Waals surface area contributed by atoms with Crippen molar-refractivity contribution in [3.8, 4) is 11.5 Å². The van der Waals surface area contributed by atoms with Crippen molar-refractivity contribution in [1.29, 1.82) is 0 Å². The fraction of sp³-hybridized carbons (Fsp3) is 0. The Labute approximate surface area is 163 Å². The highest BCUT2D eigenvalue weighted by atomic mass is 32.2. The third-order valence-corrected chi connectivity index (χ3v) is 4.91. The van der Waals surface area contributed by atoms with Crippen LogP contribution in [0.3, 0.4) is 0 Å². The summed E-state index contributed by atoms with van der Waals surface area (Å²) in [5.41, 5.74) is 3.16. The summed E-state index contributed by atoms with van der Waals surface area (Å²) in [5, 5.41) is 3.01. The van der Waals surface area contributed by atoms with Crippen LogP contribution in [0.15, 0.2) is 89.8 Å². The first-order valence-electron chi connectivity index (χ1n) is 8.00. The Kier molecular flexibility index (Phi) is 6.02. The lowest BCUT2D eigenvalue weighted by Gasteiger charge is -2.12. The predicted octanol–water partition coefficient (Wildman–Crippen LogP) is 3.66. The van der Waals surface area contributed by atoms with E-state index in [1.54, 1.807) is 42.5 Å². The average Bonchev–Trinajstić information content (AvgIpc) is 2.70. The SMILES string of the molecule is O=S(=O)(NNC(=S)Nc1ccc(Oc2ccccc2)cc1)c1ccccc1. The number of hydrogen-bond donors (Lipinski definition) is 3. The Morgan fingerprint density at radius 2 is 1.33 bits per heavy atom.